The van der Waals surface area contributed by atoms with E-state index in [4.69, 9.17) is 4.74 Å². The van der Waals surface area contributed by atoms with E-state index in [-0.39, 0.29) is 23.9 Å². The van der Waals surface area contributed by atoms with Crippen LogP contribution >= 0.6 is 0 Å². The number of carbonyl (C=O) groups excluding carboxylic acids is 2. The SMILES string of the molecule is COCCN1C(=O)C[C@@H]2[C@H]1CCN2C(=O)c1ccncc1. The van der Waals surface area contributed by atoms with Crippen LogP contribution in [0.25, 0.3) is 0 Å². The summed E-state index contributed by atoms with van der Waals surface area (Å²) in [5, 5.41) is 0. The van der Waals surface area contributed by atoms with Crippen molar-refractivity contribution in [2.75, 3.05) is 26.8 Å². The van der Waals surface area contributed by atoms with E-state index in [2.05, 4.69) is 4.98 Å². The Labute approximate surface area is 123 Å². The highest BCUT2D eigenvalue weighted by molar-refractivity contribution is 5.95. The fraction of sp³-hybridized carbons (Fsp3) is 0.533. The van der Waals surface area contributed by atoms with Gasteiger partial charge in [-0.3, -0.25) is 14.6 Å². The summed E-state index contributed by atoms with van der Waals surface area (Å²) in [5.74, 6) is 0.112. The summed E-state index contributed by atoms with van der Waals surface area (Å²) in [7, 11) is 1.63. The van der Waals surface area contributed by atoms with Crippen molar-refractivity contribution in [3.63, 3.8) is 0 Å². The number of aromatic nitrogens is 1. The molecular formula is C15H19N3O3. The second-order valence-electron chi connectivity index (χ2n) is 5.44. The van der Waals surface area contributed by atoms with E-state index in [0.717, 1.165) is 6.42 Å². The number of methoxy groups -OCH3 is 1. The Kier molecular flexibility index (Phi) is 3.88. The molecule has 0 saturated carbocycles. The Morgan fingerprint density at radius 2 is 2.14 bits per heavy atom. The van der Waals surface area contributed by atoms with Crippen molar-refractivity contribution < 1.29 is 14.3 Å². The van der Waals surface area contributed by atoms with Crippen LogP contribution in [0, 0.1) is 0 Å². The van der Waals surface area contributed by atoms with Gasteiger partial charge in [0.2, 0.25) is 5.91 Å². The summed E-state index contributed by atoms with van der Waals surface area (Å²) in [4.78, 5) is 32.3. The van der Waals surface area contributed by atoms with E-state index in [0.29, 0.717) is 31.7 Å². The van der Waals surface area contributed by atoms with Crippen molar-refractivity contribution in [1.82, 2.24) is 14.8 Å². The number of amides is 2. The van der Waals surface area contributed by atoms with Crippen LogP contribution in [0.2, 0.25) is 0 Å². The Hall–Kier alpha value is -1.95. The molecule has 2 amide bonds. The van der Waals surface area contributed by atoms with E-state index in [1.54, 1.807) is 31.6 Å². The van der Waals surface area contributed by atoms with Gasteiger partial charge in [-0.15, -0.1) is 0 Å². The third-order valence-electron chi connectivity index (χ3n) is 4.34. The standard InChI is InChI=1S/C15H19N3O3/c1-21-9-8-17-12-4-7-18(13(12)10-14(17)19)15(20)11-2-5-16-6-3-11/h2-3,5-6,12-13H,4,7-10H2,1H3/t12-,13-/m1/s1. The van der Waals surface area contributed by atoms with Gasteiger partial charge >= 0.3 is 0 Å². The Morgan fingerprint density at radius 3 is 2.86 bits per heavy atom. The minimum Gasteiger partial charge on any atom is -0.383 e. The predicted octanol–water partition coefficient (Wildman–Crippen LogP) is 0.543. The van der Waals surface area contributed by atoms with Gasteiger partial charge in [-0.05, 0) is 18.6 Å². The molecule has 6 heteroatoms. The molecule has 3 rings (SSSR count). The lowest BCUT2D eigenvalue weighted by molar-refractivity contribution is -0.129. The first-order valence-corrected chi connectivity index (χ1v) is 7.22. The van der Waals surface area contributed by atoms with Gasteiger partial charge in [0.05, 0.1) is 18.7 Å². The van der Waals surface area contributed by atoms with Crippen molar-refractivity contribution in [3.8, 4) is 0 Å². The number of hydrogen-bond acceptors (Lipinski definition) is 4. The average Bonchev–Trinajstić information content (AvgIpc) is 3.04. The highest BCUT2D eigenvalue weighted by atomic mass is 16.5. The maximum Gasteiger partial charge on any atom is 0.254 e. The first-order valence-electron chi connectivity index (χ1n) is 7.22. The minimum atomic E-state index is -0.00806. The zero-order valence-electron chi connectivity index (χ0n) is 12.1. The molecule has 6 nitrogen and oxygen atoms in total. The van der Waals surface area contributed by atoms with E-state index in [1.807, 2.05) is 9.80 Å². The summed E-state index contributed by atoms with van der Waals surface area (Å²) in [6, 6.07) is 3.57. The molecule has 112 valence electrons. The lowest BCUT2D eigenvalue weighted by Gasteiger charge is -2.25. The molecule has 1 aromatic rings. The molecule has 2 aliphatic rings. The molecule has 2 saturated heterocycles. The molecule has 2 fully saturated rings. The van der Waals surface area contributed by atoms with Crippen molar-refractivity contribution in [3.05, 3.63) is 30.1 Å². The molecule has 0 spiro atoms. The largest absolute Gasteiger partial charge is 0.383 e. The van der Waals surface area contributed by atoms with Gasteiger partial charge in [-0.25, -0.2) is 0 Å². The van der Waals surface area contributed by atoms with Crippen LogP contribution in [0.5, 0.6) is 0 Å². The highest BCUT2D eigenvalue weighted by Gasteiger charge is 2.48. The van der Waals surface area contributed by atoms with Crippen LogP contribution in [-0.4, -0.2) is 65.5 Å². The number of nitrogens with zero attached hydrogens (tertiary/aromatic N) is 3. The quantitative estimate of drug-likeness (QED) is 0.812. The van der Waals surface area contributed by atoms with Gasteiger partial charge < -0.3 is 14.5 Å². The molecule has 0 aromatic carbocycles. The monoisotopic (exact) mass is 289 g/mol. The lowest BCUT2D eigenvalue weighted by atomic mass is 10.1. The van der Waals surface area contributed by atoms with E-state index >= 15 is 0 Å². The number of hydrogen-bond donors (Lipinski definition) is 0. The van der Waals surface area contributed by atoms with Crippen LogP contribution in [-0.2, 0) is 9.53 Å². The average molecular weight is 289 g/mol. The molecule has 0 N–H and O–H groups in total. The summed E-state index contributed by atoms with van der Waals surface area (Å²) in [6.45, 7) is 1.84. The Bertz CT molecular complexity index is 534. The van der Waals surface area contributed by atoms with Crippen molar-refractivity contribution >= 4 is 11.8 Å². The zero-order chi connectivity index (χ0) is 14.8. The molecule has 0 unspecified atom stereocenters. The first-order chi connectivity index (χ1) is 10.2. The van der Waals surface area contributed by atoms with Gasteiger partial charge in [0.15, 0.2) is 0 Å². The molecule has 21 heavy (non-hydrogen) atoms. The van der Waals surface area contributed by atoms with Crippen molar-refractivity contribution in [2.24, 2.45) is 0 Å². The number of pyridine rings is 1. The lowest BCUT2D eigenvalue weighted by Crippen LogP contribution is -2.40. The second kappa shape index (κ2) is 5.81. The number of ether oxygens (including phenoxy) is 1. The molecule has 1 aromatic heterocycles. The summed E-state index contributed by atoms with van der Waals surface area (Å²) < 4.78 is 5.06. The number of rotatable bonds is 4. The van der Waals surface area contributed by atoms with E-state index in [9.17, 15) is 9.59 Å². The van der Waals surface area contributed by atoms with Gasteiger partial charge in [0.25, 0.3) is 5.91 Å². The smallest absolute Gasteiger partial charge is 0.254 e. The molecule has 2 atom stereocenters. The minimum absolute atomic E-state index is 0.00461. The number of carbonyl (C=O) groups is 2. The predicted molar refractivity (Wildman–Crippen MR) is 75.7 cm³/mol. The summed E-state index contributed by atoms with van der Waals surface area (Å²) in [5.41, 5.74) is 0.633. The normalized spacial score (nSPS) is 24.5. The maximum atomic E-state index is 12.6. The van der Waals surface area contributed by atoms with Crippen molar-refractivity contribution in [1.29, 1.82) is 0 Å². The molecule has 0 radical (unpaired) electrons. The van der Waals surface area contributed by atoms with Gasteiger partial charge in [0.1, 0.15) is 0 Å². The fourth-order valence-electron chi connectivity index (χ4n) is 3.32. The Morgan fingerprint density at radius 1 is 1.38 bits per heavy atom. The molecule has 2 aliphatic heterocycles. The van der Waals surface area contributed by atoms with E-state index < -0.39 is 0 Å². The fourth-order valence-corrected chi connectivity index (χ4v) is 3.32. The van der Waals surface area contributed by atoms with Crippen LogP contribution < -0.4 is 0 Å². The third kappa shape index (κ3) is 2.51. The molecule has 0 aliphatic carbocycles. The third-order valence-corrected chi connectivity index (χ3v) is 4.34. The first kappa shape index (κ1) is 14.0. The summed E-state index contributed by atoms with van der Waals surface area (Å²) >= 11 is 0. The van der Waals surface area contributed by atoms with Crippen LogP contribution in [0.1, 0.15) is 23.2 Å². The molecule has 0 bridgehead atoms. The topological polar surface area (TPSA) is 62.7 Å². The van der Waals surface area contributed by atoms with Gasteiger partial charge in [-0.1, -0.05) is 0 Å². The Balaban J connectivity index is 1.74. The number of likely N-dealkylation sites (tertiary alicyclic amines) is 2. The maximum absolute atomic E-state index is 12.6. The molecule has 3 heterocycles. The zero-order valence-corrected chi connectivity index (χ0v) is 12.1. The second-order valence-corrected chi connectivity index (χ2v) is 5.44. The van der Waals surface area contributed by atoms with Crippen LogP contribution in [0.15, 0.2) is 24.5 Å². The summed E-state index contributed by atoms with van der Waals surface area (Å²) in [6.07, 6.45) is 4.50. The van der Waals surface area contributed by atoms with E-state index in [1.165, 1.54) is 0 Å². The van der Waals surface area contributed by atoms with Gasteiger partial charge in [-0.2, -0.15) is 0 Å². The van der Waals surface area contributed by atoms with Crippen LogP contribution in [0.3, 0.4) is 0 Å². The van der Waals surface area contributed by atoms with Gasteiger partial charge in [0, 0.05) is 44.6 Å². The van der Waals surface area contributed by atoms with Crippen molar-refractivity contribution in [2.45, 2.75) is 24.9 Å². The van der Waals surface area contributed by atoms with Crippen LogP contribution in [0.4, 0.5) is 0 Å². The number of fused-ring (bicyclic) bond motifs is 1. The highest BCUT2D eigenvalue weighted by Crippen LogP contribution is 2.33. The molecular weight excluding hydrogens is 270 g/mol.